The molecule has 0 aromatic heterocycles. The molecule has 3 heteroatoms. The molecule has 3 nitrogen and oxygen atoms in total. The lowest BCUT2D eigenvalue weighted by Gasteiger charge is -2.07. The van der Waals surface area contributed by atoms with Crippen LogP contribution in [0, 0.1) is 0 Å². The van der Waals surface area contributed by atoms with E-state index in [-0.39, 0.29) is 5.97 Å². The molecule has 0 aliphatic heterocycles. The molecule has 0 aliphatic rings. The maximum Gasteiger partial charge on any atom is 0.343 e. The van der Waals surface area contributed by atoms with Crippen LogP contribution in [-0.4, -0.2) is 5.97 Å². The van der Waals surface area contributed by atoms with Crippen molar-refractivity contribution >= 4 is 5.97 Å². The fourth-order valence-corrected chi connectivity index (χ4v) is 2.60. The number of esters is 1. The van der Waals surface area contributed by atoms with Gasteiger partial charge in [0.25, 0.3) is 0 Å². The predicted octanol–water partition coefficient (Wildman–Crippen LogP) is 4.15. The molecule has 0 heterocycles. The average molecular weight is 331 g/mol. The zero-order valence-electron chi connectivity index (χ0n) is 14.0. The van der Waals surface area contributed by atoms with Gasteiger partial charge in [0.05, 0.1) is 5.56 Å². The minimum Gasteiger partial charge on any atom is -0.423 e. The molecule has 25 heavy (non-hydrogen) atoms. The van der Waals surface area contributed by atoms with Crippen molar-refractivity contribution < 1.29 is 9.53 Å². The maximum absolute atomic E-state index is 12.2. The van der Waals surface area contributed by atoms with Crippen LogP contribution in [0.4, 0.5) is 0 Å². The van der Waals surface area contributed by atoms with Crippen molar-refractivity contribution in [3.05, 3.63) is 101 Å². The summed E-state index contributed by atoms with van der Waals surface area (Å²) in [6.07, 6.45) is 1.95. The van der Waals surface area contributed by atoms with Gasteiger partial charge in [-0.1, -0.05) is 54.6 Å². The van der Waals surface area contributed by atoms with E-state index in [1.807, 2.05) is 42.5 Å². The highest BCUT2D eigenvalue weighted by molar-refractivity contribution is 5.91. The third kappa shape index (κ3) is 4.78. The molecule has 0 unspecified atom stereocenters. The van der Waals surface area contributed by atoms with E-state index in [1.165, 1.54) is 11.1 Å². The standard InChI is InChI=1S/C22H21NO2/c23-16-19-8-12-20(13-9-19)22(24)25-21-14-10-18(11-15-21)7-6-17-4-2-1-3-5-17/h1-5,8-15H,6-7,16,23H2. The van der Waals surface area contributed by atoms with Crippen LogP contribution in [0.2, 0.25) is 0 Å². The third-order valence-corrected chi connectivity index (χ3v) is 4.10. The van der Waals surface area contributed by atoms with Crippen LogP contribution in [0.3, 0.4) is 0 Å². The Balaban J connectivity index is 1.57. The Bertz CT molecular complexity index is 809. The second-order valence-corrected chi connectivity index (χ2v) is 5.92. The molecule has 3 aromatic carbocycles. The number of hydrogen-bond donors (Lipinski definition) is 1. The zero-order valence-corrected chi connectivity index (χ0v) is 14.0. The monoisotopic (exact) mass is 331 g/mol. The van der Waals surface area contributed by atoms with Crippen molar-refractivity contribution in [3.63, 3.8) is 0 Å². The number of ether oxygens (including phenoxy) is 1. The molecule has 3 aromatic rings. The number of benzene rings is 3. The van der Waals surface area contributed by atoms with Gasteiger partial charge in [0.1, 0.15) is 5.75 Å². The van der Waals surface area contributed by atoms with E-state index in [2.05, 4.69) is 24.3 Å². The summed E-state index contributed by atoms with van der Waals surface area (Å²) in [6, 6.07) is 25.2. The molecular weight excluding hydrogens is 310 g/mol. The Morgan fingerprint density at radius 3 is 1.88 bits per heavy atom. The van der Waals surface area contributed by atoms with Crippen LogP contribution in [0.25, 0.3) is 0 Å². The average Bonchev–Trinajstić information content (AvgIpc) is 2.68. The molecule has 0 fully saturated rings. The lowest BCUT2D eigenvalue weighted by atomic mass is 10.0. The molecular formula is C22H21NO2. The smallest absolute Gasteiger partial charge is 0.343 e. The molecule has 0 radical (unpaired) electrons. The summed E-state index contributed by atoms with van der Waals surface area (Å²) in [6.45, 7) is 0.458. The van der Waals surface area contributed by atoms with E-state index in [0.29, 0.717) is 17.9 Å². The highest BCUT2D eigenvalue weighted by Crippen LogP contribution is 2.16. The summed E-state index contributed by atoms with van der Waals surface area (Å²) in [7, 11) is 0. The summed E-state index contributed by atoms with van der Waals surface area (Å²) in [5.41, 5.74) is 9.60. The lowest BCUT2D eigenvalue weighted by molar-refractivity contribution is 0.0734. The molecule has 126 valence electrons. The SMILES string of the molecule is NCc1ccc(C(=O)Oc2ccc(CCc3ccccc3)cc2)cc1. The Morgan fingerprint density at radius 2 is 1.28 bits per heavy atom. The van der Waals surface area contributed by atoms with Gasteiger partial charge in [-0.15, -0.1) is 0 Å². The van der Waals surface area contributed by atoms with E-state index in [9.17, 15) is 4.79 Å². The van der Waals surface area contributed by atoms with Gasteiger partial charge in [0, 0.05) is 6.54 Å². The van der Waals surface area contributed by atoms with Crippen LogP contribution in [0.5, 0.6) is 5.75 Å². The molecule has 0 saturated carbocycles. The van der Waals surface area contributed by atoms with Gasteiger partial charge in [-0.3, -0.25) is 0 Å². The second kappa shape index (κ2) is 8.27. The number of rotatable bonds is 6. The first kappa shape index (κ1) is 16.9. The first-order chi connectivity index (χ1) is 12.2. The summed E-state index contributed by atoms with van der Waals surface area (Å²) in [5, 5.41) is 0. The van der Waals surface area contributed by atoms with Gasteiger partial charge in [-0.05, 0) is 53.8 Å². The quantitative estimate of drug-likeness (QED) is 0.545. The molecule has 2 N–H and O–H groups in total. The van der Waals surface area contributed by atoms with E-state index < -0.39 is 0 Å². The molecule has 0 atom stereocenters. The van der Waals surface area contributed by atoms with Gasteiger partial charge in [-0.25, -0.2) is 4.79 Å². The number of nitrogens with two attached hydrogens (primary N) is 1. The summed E-state index contributed by atoms with van der Waals surface area (Å²) < 4.78 is 5.42. The molecule has 0 aliphatic carbocycles. The van der Waals surface area contributed by atoms with Crippen molar-refractivity contribution in [1.82, 2.24) is 0 Å². The number of carbonyl (C=O) groups is 1. The van der Waals surface area contributed by atoms with Gasteiger partial charge < -0.3 is 10.5 Å². The molecule has 0 spiro atoms. The van der Waals surface area contributed by atoms with E-state index in [4.69, 9.17) is 10.5 Å². The minimum absolute atomic E-state index is 0.361. The minimum atomic E-state index is -0.361. The number of hydrogen-bond acceptors (Lipinski definition) is 3. The van der Waals surface area contributed by atoms with Gasteiger partial charge >= 0.3 is 5.97 Å². The Kier molecular flexibility index (Phi) is 5.60. The van der Waals surface area contributed by atoms with E-state index in [0.717, 1.165) is 18.4 Å². The second-order valence-electron chi connectivity index (χ2n) is 5.92. The highest BCUT2D eigenvalue weighted by atomic mass is 16.5. The topological polar surface area (TPSA) is 52.3 Å². The zero-order chi connectivity index (χ0) is 17.5. The van der Waals surface area contributed by atoms with Gasteiger partial charge in [-0.2, -0.15) is 0 Å². The van der Waals surface area contributed by atoms with Crippen LogP contribution >= 0.6 is 0 Å². The fraction of sp³-hybridized carbons (Fsp3) is 0.136. The Hall–Kier alpha value is -2.91. The lowest BCUT2D eigenvalue weighted by Crippen LogP contribution is -2.08. The van der Waals surface area contributed by atoms with E-state index in [1.54, 1.807) is 12.1 Å². The third-order valence-electron chi connectivity index (χ3n) is 4.10. The molecule has 0 bridgehead atoms. The predicted molar refractivity (Wildman–Crippen MR) is 99.6 cm³/mol. The van der Waals surface area contributed by atoms with Crippen molar-refractivity contribution in [2.75, 3.05) is 0 Å². The highest BCUT2D eigenvalue weighted by Gasteiger charge is 2.08. The van der Waals surface area contributed by atoms with Crippen LogP contribution in [0.15, 0.2) is 78.9 Å². The van der Waals surface area contributed by atoms with Crippen molar-refractivity contribution in [3.8, 4) is 5.75 Å². The molecule has 3 rings (SSSR count). The first-order valence-corrected chi connectivity index (χ1v) is 8.38. The molecule has 0 saturated heterocycles. The van der Waals surface area contributed by atoms with Crippen LogP contribution < -0.4 is 10.5 Å². The summed E-state index contributed by atoms with van der Waals surface area (Å²) >= 11 is 0. The van der Waals surface area contributed by atoms with E-state index >= 15 is 0 Å². The summed E-state index contributed by atoms with van der Waals surface area (Å²) in [4.78, 5) is 12.2. The maximum atomic E-state index is 12.2. The summed E-state index contributed by atoms with van der Waals surface area (Å²) in [5.74, 6) is 0.192. The van der Waals surface area contributed by atoms with Gasteiger partial charge in [0.15, 0.2) is 0 Å². The van der Waals surface area contributed by atoms with Crippen LogP contribution in [-0.2, 0) is 19.4 Å². The first-order valence-electron chi connectivity index (χ1n) is 8.38. The number of aryl methyl sites for hydroxylation is 2. The van der Waals surface area contributed by atoms with Gasteiger partial charge in [0.2, 0.25) is 0 Å². The van der Waals surface area contributed by atoms with Crippen molar-refractivity contribution in [2.45, 2.75) is 19.4 Å². The van der Waals surface area contributed by atoms with Crippen molar-refractivity contribution in [1.29, 1.82) is 0 Å². The normalized spacial score (nSPS) is 10.4. The van der Waals surface area contributed by atoms with Crippen LogP contribution in [0.1, 0.15) is 27.0 Å². The fourth-order valence-electron chi connectivity index (χ4n) is 2.60. The Labute approximate surface area is 148 Å². The molecule has 0 amide bonds. The number of carbonyl (C=O) groups excluding carboxylic acids is 1. The largest absolute Gasteiger partial charge is 0.423 e. The van der Waals surface area contributed by atoms with Crippen molar-refractivity contribution in [2.24, 2.45) is 5.73 Å². The Morgan fingerprint density at radius 1 is 0.720 bits per heavy atom.